The Kier molecular flexibility index (Phi) is 4.94. The Morgan fingerprint density at radius 3 is 2.66 bits per heavy atom. The molecule has 0 unspecified atom stereocenters. The molecule has 2 aromatic carbocycles. The van der Waals surface area contributed by atoms with Crippen LogP contribution in [0.1, 0.15) is 17.5 Å². The number of rotatable bonds is 6. The van der Waals surface area contributed by atoms with Crippen LogP contribution in [0, 0.1) is 0 Å². The highest BCUT2D eigenvalue weighted by Gasteiger charge is 2.14. The lowest BCUT2D eigenvalue weighted by Crippen LogP contribution is -2.10. The third-order valence-corrected chi connectivity index (χ3v) is 5.09. The first-order valence-corrected chi connectivity index (χ1v) is 9.54. The van der Waals surface area contributed by atoms with E-state index in [1.54, 1.807) is 6.20 Å². The van der Waals surface area contributed by atoms with Gasteiger partial charge in [-0.05, 0) is 61.0 Å². The van der Waals surface area contributed by atoms with Crippen molar-refractivity contribution in [3.8, 4) is 11.1 Å². The molecule has 0 radical (unpaired) electrons. The van der Waals surface area contributed by atoms with Gasteiger partial charge in [0.1, 0.15) is 5.52 Å². The van der Waals surface area contributed by atoms with Gasteiger partial charge >= 0.3 is 5.97 Å². The van der Waals surface area contributed by atoms with Gasteiger partial charge < -0.3 is 20.0 Å². The summed E-state index contributed by atoms with van der Waals surface area (Å²) in [6, 6.07) is 14.4. The van der Waals surface area contributed by atoms with Crippen LogP contribution in [0.15, 0.2) is 53.5 Å². The number of nitrogens with zero attached hydrogens (tertiary/aromatic N) is 1. The number of fused-ring (bicyclic) bond motifs is 3. The molecule has 0 bridgehead atoms. The van der Waals surface area contributed by atoms with Gasteiger partial charge in [-0.2, -0.15) is 0 Å². The molecule has 6 heteroatoms. The van der Waals surface area contributed by atoms with E-state index in [2.05, 4.69) is 45.2 Å². The van der Waals surface area contributed by atoms with Gasteiger partial charge in [-0.3, -0.25) is 9.59 Å². The summed E-state index contributed by atoms with van der Waals surface area (Å²) in [5.74, 6) is -0.855. The van der Waals surface area contributed by atoms with E-state index in [1.807, 2.05) is 26.2 Å². The fourth-order valence-electron chi connectivity index (χ4n) is 3.83. The second-order valence-corrected chi connectivity index (χ2v) is 7.61. The molecule has 0 saturated heterocycles. The van der Waals surface area contributed by atoms with E-state index < -0.39 is 5.97 Å². The summed E-state index contributed by atoms with van der Waals surface area (Å²) < 4.78 is 0. The second-order valence-electron chi connectivity index (χ2n) is 7.61. The van der Waals surface area contributed by atoms with E-state index in [0.29, 0.717) is 11.9 Å². The molecule has 148 valence electrons. The molecule has 3 N–H and O–H groups in total. The summed E-state index contributed by atoms with van der Waals surface area (Å²) in [6.45, 7) is 0.857. The first-order valence-electron chi connectivity index (χ1n) is 9.54. The number of aryl methyl sites for hydroxylation is 1. The molecule has 6 nitrogen and oxygen atoms in total. The molecule has 2 aromatic heterocycles. The fourth-order valence-corrected chi connectivity index (χ4v) is 3.83. The molecule has 0 spiro atoms. The molecular formula is C23H23N3O3. The fraction of sp³-hybridized carbons (Fsp3) is 0.217. The van der Waals surface area contributed by atoms with E-state index in [-0.39, 0.29) is 12.0 Å². The molecule has 0 aliphatic rings. The third kappa shape index (κ3) is 3.79. The molecule has 0 amide bonds. The van der Waals surface area contributed by atoms with Gasteiger partial charge in [0.2, 0.25) is 0 Å². The Morgan fingerprint density at radius 2 is 1.90 bits per heavy atom. The molecule has 0 atom stereocenters. The maximum Gasteiger partial charge on any atom is 0.303 e. The molecule has 2 heterocycles. The topological polar surface area (TPSA) is 89.2 Å². The summed E-state index contributed by atoms with van der Waals surface area (Å²) >= 11 is 0. The van der Waals surface area contributed by atoms with Crippen LogP contribution in [0.5, 0.6) is 0 Å². The Hall–Kier alpha value is -3.38. The first kappa shape index (κ1) is 19.0. The lowest BCUT2D eigenvalue weighted by Gasteiger charge is -2.12. The van der Waals surface area contributed by atoms with Crippen LogP contribution in [-0.4, -0.2) is 40.0 Å². The van der Waals surface area contributed by atoms with Crippen molar-refractivity contribution in [3.05, 3.63) is 70.1 Å². The zero-order chi connectivity index (χ0) is 20.5. The van der Waals surface area contributed by atoms with Crippen molar-refractivity contribution in [1.82, 2.24) is 14.9 Å². The number of carbonyl (C=O) groups is 1. The van der Waals surface area contributed by atoms with E-state index in [0.717, 1.165) is 39.5 Å². The van der Waals surface area contributed by atoms with Gasteiger partial charge in [0.25, 0.3) is 5.56 Å². The smallest absolute Gasteiger partial charge is 0.303 e. The number of aromatic amines is 2. The molecule has 4 aromatic rings. The third-order valence-electron chi connectivity index (χ3n) is 5.09. The summed E-state index contributed by atoms with van der Waals surface area (Å²) in [7, 11) is 4.08. The predicted molar refractivity (Wildman–Crippen MR) is 115 cm³/mol. The highest BCUT2D eigenvalue weighted by Crippen LogP contribution is 2.30. The average molecular weight is 389 g/mol. The molecule has 29 heavy (non-hydrogen) atoms. The molecule has 0 aliphatic heterocycles. The van der Waals surface area contributed by atoms with Crippen LogP contribution in [0.2, 0.25) is 0 Å². The van der Waals surface area contributed by atoms with Gasteiger partial charge in [-0.25, -0.2) is 0 Å². The summed E-state index contributed by atoms with van der Waals surface area (Å²) in [4.78, 5) is 31.5. The van der Waals surface area contributed by atoms with Crippen molar-refractivity contribution in [3.63, 3.8) is 0 Å². The van der Waals surface area contributed by atoms with Crippen LogP contribution in [-0.2, 0) is 17.8 Å². The zero-order valence-corrected chi connectivity index (χ0v) is 16.5. The Bertz CT molecular complexity index is 1270. The van der Waals surface area contributed by atoms with Gasteiger partial charge in [0, 0.05) is 35.5 Å². The standard InChI is InChI=1S/C23H23N3O3/c1-26(2)13-14-4-3-5-15(10-14)16-6-8-19-18(11-16)21-17(7-9-20(27)28)12-24-22(21)23(29)25-19/h3-6,8,10-12,24H,7,9,13H2,1-2H3,(H,25,29)(H,27,28). The van der Waals surface area contributed by atoms with Gasteiger partial charge in [0.05, 0.1) is 0 Å². The zero-order valence-electron chi connectivity index (χ0n) is 16.5. The number of pyridine rings is 1. The Morgan fingerprint density at radius 1 is 1.10 bits per heavy atom. The van der Waals surface area contributed by atoms with Crippen LogP contribution >= 0.6 is 0 Å². The number of benzene rings is 2. The molecule has 0 saturated carbocycles. The maximum atomic E-state index is 12.4. The number of H-pyrrole nitrogens is 2. The van der Waals surface area contributed by atoms with E-state index in [9.17, 15) is 9.59 Å². The summed E-state index contributed by atoms with van der Waals surface area (Å²) in [6.07, 6.45) is 2.14. The monoisotopic (exact) mass is 389 g/mol. The van der Waals surface area contributed by atoms with Crippen LogP contribution in [0.25, 0.3) is 32.9 Å². The average Bonchev–Trinajstić information content (AvgIpc) is 3.11. The SMILES string of the molecule is CN(C)Cc1cccc(-c2ccc3[nH]c(=O)c4[nH]cc(CCC(=O)O)c4c3c2)c1. The minimum Gasteiger partial charge on any atom is -0.481 e. The van der Waals surface area contributed by atoms with Crippen molar-refractivity contribution in [2.45, 2.75) is 19.4 Å². The van der Waals surface area contributed by atoms with Crippen molar-refractivity contribution >= 4 is 27.8 Å². The normalized spacial score (nSPS) is 11.6. The van der Waals surface area contributed by atoms with E-state index in [4.69, 9.17) is 5.11 Å². The van der Waals surface area contributed by atoms with Crippen molar-refractivity contribution in [2.24, 2.45) is 0 Å². The van der Waals surface area contributed by atoms with Crippen molar-refractivity contribution < 1.29 is 9.90 Å². The van der Waals surface area contributed by atoms with Crippen molar-refractivity contribution in [1.29, 1.82) is 0 Å². The first-order chi connectivity index (χ1) is 13.9. The molecule has 0 fully saturated rings. The van der Waals surface area contributed by atoms with E-state index >= 15 is 0 Å². The van der Waals surface area contributed by atoms with Gasteiger partial charge in [0.15, 0.2) is 0 Å². The molecule has 4 rings (SSSR count). The summed E-state index contributed by atoms with van der Waals surface area (Å²) in [5.41, 5.74) is 5.25. The van der Waals surface area contributed by atoms with Crippen molar-refractivity contribution in [2.75, 3.05) is 14.1 Å². The molecule has 0 aliphatic carbocycles. The van der Waals surface area contributed by atoms with Gasteiger partial charge in [-0.1, -0.05) is 24.3 Å². The minimum atomic E-state index is -0.855. The molecular weight excluding hydrogens is 366 g/mol. The second kappa shape index (κ2) is 7.56. The number of carboxylic acid groups (broad SMARTS) is 1. The predicted octanol–water partition coefficient (Wildman–Crippen LogP) is 3.76. The van der Waals surface area contributed by atoms with E-state index in [1.165, 1.54) is 5.56 Å². The lowest BCUT2D eigenvalue weighted by molar-refractivity contribution is -0.136. The van der Waals surface area contributed by atoms with Crippen LogP contribution in [0.4, 0.5) is 0 Å². The highest BCUT2D eigenvalue weighted by molar-refractivity contribution is 6.07. The number of nitrogens with one attached hydrogen (secondary N) is 2. The number of carboxylic acids is 1. The van der Waals surface area contributed by atoms with Gasteiger partial charge in [-0.15, -0.1) is 0 Å². The number of aromatic nitrogens is 2. The Labute approximate surface area is 167 Å². The minimum absolute atomic E-state index is 0.0213. The summed E-state index contributed by atoms with van der Waals surface area (Å²) in [5, 5.41) is 10.8. The van der Waals surface area contributed by atoms with Crippen LogP contribution < -0.4 is 5.56 Å². The Balaban J connectivity index is 1.87. The quantitative estimate of drug-likeness (QED) is 0.468. The number of hydrogen-bond acceptors (Lipinski definition) is 3. The van der Waals surface area contributed by atoms with Crippen LogP contribution in [0.3, 0.4) is 0 Å². The maximum absolute atomic E-state index is 12.4. The number of aliphatic carboxylic acids is 1. The highest BCUT2D eigenvalue weighted by atomic mass is 16.4. The number of hydrogen-bond donors (Lipinski definition) is 3. The largest absolute Gasteiger partial charge is 0.481 e. The lowest BCUT2D eigenvalue weighted by atomic mass is 9.98.